The van der Waals surface area contributed by atoms with E-state index in [1.807, 2.05) is 18.2 Å². The molecular formula is C17H30O3Si. The second-order valence-electron chi connectivity index (χ2n) is 6.76. The van der Waals surface area contributed by atoms with Crippen molar-refractivity contribution in [1.82, 2.24) is 0 Å². The first kappa shape index (κ1) is 18.4. The van der Waals surface area contributed by atoms with Crippen LogP contribution in [0.25, 0.3) is 0 Å². The molecule has 0 aromatic heterocycles. The van der Waals surface area contributed by atoms with Gasteiger partial charge in [-0.1, -0.05) is 51.1 Å². The largest absolute Gasteiger partial charge is 0.414 e. The normalized spacial score (nSPS) is 12.6. The van der Waals surface area contributed by atoms with Gasteiger partial charge in [0.05, 0.1) is 33.0 Å². The van der Waals surface area contributed by atoms with E-state index in [1.165, 1.54) is 5.56 Å². The average Bonchev–Trinajstić information content (AvgIpc) is 2.41. The Morgan fingerprint density at radius 1 is 0.857 bits per heavy atom. The SMILES string of the molecule is CC(C)(C)[Si](C)(C)OCCOCCOCc1ccccc1. The summed E-state index contributed by atoms with van der Waals surface area (Å²) in [4.78, 5) is 0. The lowest BCUT2D eigenvalue weighted by Crippen LogP contribution is -2.41. The number of hydrogen-bond donors (Lipinski definition) is 0. The molecule has 120 valence electrons. The topological polar surface area (TPSA) is 27.7 Å². The van der Waals surface area contributed by atoms with Gasteiger partial charge in [-0.05, 0) is 23.7 Å². The van der Waals surface area contributed by atoms with Crippen LogP contribution in [-0.2, 0) is 20.5 Å². The highest BCUT2D eigenvalue weighted by atomic mass is 28.4. The molecule has 0 heterocycles. The predicted molar refractivity (Wildman–Crippen MR) is 90.1 cm³/mol. The minimum atomic E-state index is -1.64. The van der Waals surface area contributed by atoms with Gasteiger partial charge in [-0.25, -0.2) is 0 Å². The molecule has 0 saturated heterocycles. The second-order valence-corrected chi connectivity index (χ2v) is 11.6. The van der Waals surface area contributed by atoms with Crippen LogP contribution >= 0.6 is 0 Å². The van der Waals surface area contributed by atoms with Crippen molar-refractivity contribution in [2.75, 3.05) is 26.4 Å². The summed E-state index contributed by atoms with van der Waals surface area (Å²) in [6, 6.07) is 10.2. The highest BCUT2D eigenvalue weighted by molar-refractivity contribution is 6.74. The van der Waals surface area contributed by atoms with Crippen molar-refractivity contribution < 1.29 is 13.9 Å². The molecule has 0 unspecified atom stereocenters. The lowest BCUT2D eigenvalue weighted by molar-refractivity contribution is 0.0288. The van der Waals surface area contributed by atoms with E-state index >= 15 is 0 Å². The van der Waals surface area contributed by atoms with Gasteiger partial charge in [0.1, 0.15) is 0 Å². The molecule has 0 radical (unpaired) electrons. The van der Waals surface area contributed by atoms with Gasteiger partial charge in [0.15, 0.2) is 8.32 Å². The minimum Gasteiger partial charge on any atom is -0.414 e. The van der Waals surface area contributed by atoms with Crippen LogP contribution < -0.4 is 0 Å². The van der Waals surface area contributed by atoms with Crippen LogP contribution in [-0.4, -0.2) is 34.7 Å². The van der Waals surface area contributed by atoms with Crippen molar-refractivity contribution in [2.45, 2.75) is 45.5 Å². The first-order valence-corrected chi connectivity index (χ1v) is 10.6. The monoisotopic (exact) mass is 310 g/mol. The zero-order valence-corrected chi connectivity index (χ0v) is 15.1. The van der Waals surface area contributed by atoms with Crippen molar-refractivity contribution in [2.24, 2.45) is 0 Å². The first-order chi connectivity index (χ1) is 9.83. The average molecular weight is 311 g/mol. The van der Waals surface area contributed by atoms with Crippen LogP contribution in [0.15, 0.2) is 30.3 Å². The quantitative estimate of drug-likeness (QED) is 0.504. The zero-order valence-electron chi connectivity index (χ0n) is 14.1. The Morgan fingerprint density at radius 2 is 1.43 bits per heavy atom. The van der Waals surface area contributed by atoms with Gasteiger partial charge in [0.25, 0.3) is 0 Å². The van der Waals surface area contributed by atoms with Gasteiger partial charge < -0.3 is 13.9 Å². The van der Waals surface area contributed by atoms with Gasteiger partial charge in [0.2, 0.25) is 0 Å². The molecular weight excluding hydrogens is 280 g/mol. The fraction of sp³-hybridized carbons (Fsp3) is 0.647. The Labute approximate surface area is 130 Å². The molecule has 0 aliphatic heterocycles. The minimum absolute atomic E-state index is 0.256. The smallest absolute Gasteiger partial charge is 0.192 e. The van der Waals surface area contributed by atoms with E-state index in [1.54, 1.807) is 0 Å². The summed E-state index contributed by atoms with van der Waals surface area (Å²) in [6.07, 6.45) is 0. The van der Waals surface area contributed by atoms with Crippen molar-refractivity contribution in [1.29, 1.82) is 0 Å². The van der Waals surface area contributed by atoms with Gasteiger partial charge >= 0.3 is 0 Å². The molecule has 0 N–H and O–H groups in total. The van der Waals surface area contributed by atoms with E-state index in [0.717, 1.165) is 0 Å². The number of rotatable bonds is 9. The van der Waals surface area contributed by atoms with Gasteiger partial charge in [0, 0.05) is 0 Å². The predicted octanol–water partition coefficient (Wildman–Crippen LogP) is 4.24. The highest BCUT2D eigenvalue weighted by Gasteiger charge is 2.36. The summed E-state index contributed by atoms with van der Waals surface area (Å²) >= 11 is 0. The summed E-state index contributed by atoms with van der Waals surface area (Å²) in [5, 5.41) is 0.256. The molecule has 21 heavy (non-hydrogen) atoms. The van der Waals surface area contributed by atoms with Crippen LogP contribution in [0, 0.1) is 0 Å². The Balaban J connectivity index is 2.00. The van der Waals surface area contributed by atoms with Crippen LogP contribution in [0.3, 0.4) is 0 Å². The van der Waals surface area contributed by atoms with Gasteiger partial charge in [-0.2, -0.15) is 0 Å². The molecule has 0 aliphatic carbocycles. The van der Waals surface area contributed by atoms with Crippen LogP contribution in [0.4, 0.5) is 0 Å². The standard InChI is InChI=1S/C17H30O3Si/c1-17(2,3)21(4,5)20-14-13-18-11-12-19-15-16-9-7-6-8-10-16/h6-10H,11-15H2,1-5H3. The third-order valence-electron chi connectivity index (χ3n) is 3.98. The molecule has 0 fully saturated rings. The Morgan fingerprint density at radius 3 is 2.05 bits per heavy atom. The highest BCUT2D eigenvalue weighted by Crippen LogP contribution is 2.36. The number of ether oxygens (including phenoxy) is 2. The fourth-order valence-electron chi connectivity index (χ4n) is 1.56. The van der Waals surface area contributed by atoms with E-state index in [-0.39, 0.29) is 5.04 Å². The molecule has 0 saturated carbocycles. The maximum absolute atomic E-state index is 6.04. The fourth-order valence-corrected chi connectivity index (χ4v) is 2.58. The maximum atomic E-state index is 6.04. The molecule has 1 aromatic rings. The van der Waals surface area contributed by atoms with E-state index in [2.05, 4.69) is 46.0 Å². The molecule has 0 spiro atoms. The van der Waals surface area contributed by atoms with Crippen molar-refractivity contribution in [3.63, 3.8) is 0 Å². The third kappa shape index (κ3) is 7.22. The summed E-state index contributed by atoms with van der Waals surface area (Å²) in [6.45, 7) is 14.5. The van der Waals surface area contributed by atoms with Crippen LogP contribution in [0.5, 0.6) is 0 Å². The van der Waals surface area contributed by atoms with Crippen molar-refractivity contribution >= 4 is 8.32 Å². The maximum Gasteiger partial charge on any atom is 0.192 e. The molecule has 0 atom stereocenters. The van der Waals surface area contributed by atoms with E-state index in [0.29, 0.717) is 33.0 Å². The Bertz CT molecular complexity index is 385. The molecule has 1 rings (SSSR count). The summed E-state index contributed by atoms with van der Waals surface area (Å²) in [7, 11) is -1.64. The molecule has 0 amide bonds. The van der Waals surface area contributed by atoms with Gasteiger partial charge in [-0.15, -0.1) is 0 Å². The number of hydrogen-bond acceptors (Lipinski definition) is 3. The molecule has 3 nitrogen and oxygen atoms in total. The first-order valence-electron chi connectivity index (χ1n) is 7.66. The summed E-state index contributed by atoms with van der Waals surface area (Å²) in [5.74, 6) is 0. The Kier molecular flexibility index (Phi) is 7.60. The summed E-state index contributed by atoms with van der Waals surface area (Å²) in [5.41, 5.74) is 1.19. The van der Waals surface area contributed by atoms with Crippen LogP contribution in [0.1, 0.15) is 26.3 Å². The molecule has 0 bridgehead atoms. The lowest BCUT2D eigenvalue weighted by atomic mass is 10.2. The van der Waals surface area contributed by atoms with Crippen molar-refractivity contribution in [3.8, 4) is 0 Å². The Hall–Kier alpha value is -0.683. The molecule has 4 heteroatoms. The van der Waals surface area contributed by atoms with Gasteiger partial charge in [-0.3, -0.25) is 0 Å². The molecule has 0 aliphatic rings. The van der Waals surface area contributed by atoms with Crippen molar-refractivity contribution in [3.05, 3.63) is 35.9 Å². The number of benzene rings is 1. The van der Waals surface area contributed by atoms with E-state index < -0.39 is 8.32 Å². The van der Waals surface area contributed by atoms with E-state index in [4.69, 9.17) is 13.9 Å². The second kappa shape index (κ2) is 8.69. The zero-order chi connectivity index (χ0) is 15.8. The summed E-state index contributed by atoms with van der Waals surface area (Å²) < 4.78 is 17.2. The third-order valence-corrected chi connectivity index (χ3v) is 8.52. The lowest BCUT2D eigenvalue weighted by Gasteiger charge is -2.36. The van der Waals surface area contributed by atoms with Crippen LogP contribution in [0.2, 0.25) is 18.1 Å². The molecule has 1 aromatic carbocycles. The van der Waals surface area contributed by atoms with E-state index in [9.17, 15) is 0 Å².